The molecule has 25 heavy (non-hydrogen) atoms. The van der Waals surface area contributed by atoms with Crippen molar-refractivity contribution in [2.75, 3.05) is 26.2 Å². The molecule has 2 N–H and O–H groups in total. The minimum Gasteiger partial charge on any atom is -0.338 e. The molecular formula is C18H21N3O3S. The third-order valence-corrected chi connectivity index (χ3v) is 6.27. The molecule has 1 amide bonds. The van der Waals surface area contributed by atoms with Gasteiger partial charge in [-0.15, -0.1) is 0 Å². The van der Waals surface area contributed by atoms with Crippen LogP contribution in [-0.4, -0.2) is 49.7 Å². The Morgan fingerprint density at radius 3 is 1.96 bits per heavy atom. The van der Waals surface area contributed by atoms with E-state index in [0.717, 1.165) is 5.56 Å². The average molecular weight is 359 g/mol. The molecule has 2 aromatic rings. The van der Waals surface area contributed by atoms with Crippen LogP contribution < -0.4 is 5.73 Å². The first-order valence-corrected chi connectivity index (χ1v) is 9.58. The molecule has 3 rings (SSSR count). The maximum atomic E-state index is 12.6. The van der Waals surface area contributed by atoms with Crippen molar-refractivity contribution in [2.45, 2.75) is 10.9 Å². The quantitative estimate of drug-likeness (QED) is 0.890. The lowest BCUT2D eigenvalue weighted by atomic mass is 10.1. The van der Waals surface area contributed by atoms with Gasteiger partial charge in [-0.25, -0.2) is 8.42 Å². The van der Waals surface area contributed by atoms with Gasteiger partial charge in [-0.05, 0) is 17.7 Å². The summed E-state index contributed by atoms with van der Waals surface area (Å²) in [5.41, 5.74) is 6.81. The molecule has 1 atom stereocenters. The molecule has 0 aromatic heterocycles. The second kappa shape index (κ2) is 7.35. The van der Waals surface area contributed by atoms with Crippen LogP contribution in [0.5, 0.6) is 0 Å². The molecule has 1 saturated heterocycles. The van der Waals surface area contributed by atoms with Crippen molar-refractivity contribution >= 4 is 15.9 Å². The van der Waals surface area contributed by atoms with Gasteiger partial charge in [0.1, 0.15) is 6.04 Å². The van der Waals surface area contributed by atoms with Crippen LogP contribution in [-0.2, 0) is 14.8 Å². The molecule has 1 aliphatic heterocycles. The Morgan fingerprint density at radius 2 is 1.40 bits per heavy atom. The molecule has 0 radical (unpaired) electrons. The normalized spacial score (nSPS) is 17.2. The van der Waals surface area contributed by atoms with Crippen molar-refractivity contribution in [1.29, 1.82) is 0 Å². The lowest BCUT2D eigenvalue weighted by molar-refractivity contribution is -0.133. The lowest BCUT2D eigenvalue weighted by Crippen LogP contribution is -2.52. The standard InChI is InChI=1S/C18H21N3O3S/c19-17(15-7-3-1-4-8-15)18(22)20-11-13-21(14-12-20)25(23,24)16-9-5-2-6-10-16/h1-10,17H,11-14,19H2. The van der Waals surface area contributed by atoms with E-state index in [1.165, 1.54) is 4.31 Å². The SMILES string of the molecule is NC(C(=O)N1CCN(S(=O)(=O)c2ccccc2)CC1)c1ccccc1. The molecule has 0 saturated carbocycles. The smallest absolute Gasteiger partial charge is 0.244 e. The van der Waals surface area contributed by atoms with Crippen molar-refractivity contribution < 1.29 is 13.2 Å². The van der Waals surface area contributed by atoms with E-state index in [0.29, 0.717) is 13.1 Å². The maximum Gasteiger partial charge on any atom is 0.244 e. The number of hydrogen-bond acceptors (Lipinski definition) is 4. The summed E-state index contributed by atoms with van der Waals surface area (Å²) in [6, 6.07) is 16.8. The van der Waals surface area contributed by atoms with E-state index in [1.807, 2.05) is 30.3 Å². The van der Waals surface area contributed by atoms with Crippen LogP contribution in [0.25, 0.3) is 0 Å². The molecule has 0 aliphatic carbocycles. The number of benzene rings is 2. The van der Waals surface area contributed by atoms with Crippen molar-refractivity contribution in [3.8, 4) is 0 Å². The highest BCUT2D eigenvalue weighted by Crippen LogP contribution is 2.19. The first-order chi connectivity index (χ1) is 12.0. The summed E-state index contributed by atoms with van der Waals surface area (Å²) in [5.74, 6) is -0.178. The summed E-state index contributed by atoms with van der Waals surface area (Å²) >= 11 is 0. The van der Waals surface area contributed by atoms with E-state index in [4.69, 9.17) is 5.73 Å². The van der Waals surface area contributed by atoms with Crippen LogP contribution in [0.3, 0.4) is 0 Å². The van der Waals surface area contributed by atoms with Gasteiger partial charge in [0.15, 0.2) is 0 Å². The Hall–Kier alpha value is -2.22. The van der Waals surface area contributed by atoms with E-state index in [-0.39, 0.29) is 23.9 Å². The number of carbonyl (C=O) groups excluding carboxylic acids is 1. The first-order valence-electron chi connectivity index (χ1n) is 8.14. The predicted octanol–water partition coefficient (Wildman–Crippen LogP) is 1.22. The summed E-state index contributed by atoms with van der Waals surface area (Å²) in [5, 5.41) is 0. The van der Waals surface area contributed by atoms with Gasteiger partial charge < -0.3 is 10.6 Å². The topological polar surface area (TPSA) is 83.7 Å². The van der Waals surface area contributed by atoms with Gasteiger partial charge in [0.05, 0.1) is 4.90 Å². The van der Waals surface area contributed by atoms with Crippen LogP contribution in [0.15, 0.2) is 65.6 Å². The summed E-state index contributed by atoms with van der Waals surface area (Å²) < 4.78 is 26.7. The molecule has 6 nitrogen and oxygen atoms in total. The second-order valence-corrected chi connectivity index (χ2v) is 7.87. The van der Waals surface area contributed by atoms with Gasteiger partial charge in [-0.3, -0.25) is 4.79 Å². The van der Waals surface area contributed by atoms with Crippen molar-refractivity contribution in [3.63, 3.8) is 0 Å². The highest BCUT2D eigenvalue weighted by atomic mass is 32.2. The fraction of sp³-hybridized carbons (Fsp3) is 0.278. The molecule has 1 heterocycles. The van der Waals surface area contributed by atoms with Crippen LogP contribution in [0.1, 0.15) is 11.6 Å². The number of amides is 1. The monoisotopic (exact) mass is 359 g/mol. The highest BCUT2D eigenvalue weighted by molar-refractivity contribution is 7.89. The molecule has 1 aliphatic rings. The third-order valence-electron chi connectivity index (χ3n) is 4.36. The number of sulfonamides is 1. The molecule has 2 aromatic carbocycles. The lowest BCUT2D eigenvalue weighted by Gasteiger charge is -2.35. The van der Waals surface area contributed by atoms with Gasteiger partial charge in [-0.1, -0.05) is 48.5 Å². The largest absolute Gasteiger partial charge is 0.338 e. The first kappa shape index (κ1) is 17.6. The second-order valence-electron chi connectivity index (χ2n) is 5.93. The minimum absolute atomic E-state index is 0.178. The summed E-state index contributed by atoms with van der Waals surface area (Å²) in [6.45, 7) is 1.21. The number of nitrogens with zero attached hydrogens (tertiary/aromatic N) is 2. The molecular weight excluding hydrogens is 338 g/mol. The van der Waals surface area contributed by atoms with Gasteiger partial charge in [0.25, 0.3) is 0 Å². The van der Waals surface area contributed by atoms with E-state index < -0.39 is 16.1 Å². The van der Waals surface area contributed by atoms with Crippen LogP contribution in [0.4, 0.5) is 0 Å². The zero-order valence-corrected chi connectivity index (χ0v) is 14.6. The molecule has 0 bridgehead atoms. The summed E-state index contributed by atoms with van der Waals surface area (Å²) in [4.78, 5) is 14.5. The van der Waals surface area contributed by atoms with Crippen molar-refractivity contribution in [1.82, 2.24) is 9.21 Å². The van der Waals surface area contributed by atoms with E-state index in [2.05, 4.69) is 0 Å². The molecule has 1 unspecified atom stereocenters. The number of piperazine rings is 1. The van der Waals surface area contributed by atoms with Gasteiger partial charge in [0, 0.05) is 26.2 Å². The van der Waals surface area contributed by atoms with E-state index in [9.17, 15) is 13.2 Å². The molecule has 7 heteroatoms. The Balaban J connectivity index is 1.65. The Morgan fingerprint density at radius 1 is 0.880 bits per heavy atom. The van der Waals surface area contributed by atoms with Gasteiger partial charge in [-0.2, -0.15) is 4.31 Å². The number of nitrogens with two attached hydrogens (primary N) is 1. The summed E-state index contributed by atoms with van der Waals surface area (Å²) in [6.07, 6.45) is 0. The van der Waals surface area contributed by atoms with Crippen molar-refractivity contribution in [3.05, 3.63) is 66.2 Å². The number of rotatable bonds is 4. The number of carbonyl (C=O) groups is 1. The molecule has 1 fully saturated rings. The summed E-state index contributed by atoms with van der Waals surface area (Å²) in [7, 11) is -3.52. The zero-order valence-electron chi connectivity index (χ0n) is 13.8. The number of hydrogen-bond donors (Lipinski definition) is 1. The molecule has 132 valence electrons. The fourth-order valence-electron chi connectivity index (χ4n) is 2.89. The van der Waals surface area contributed by atoms with E-state index in [1.54, 1.807) is 35.2 Å². The van der Waals surface area contributed by atoms with Crippen LogP contribution in [0.2, 0.25) is 0 Å². The highest BCUT2D eigenvalue weighted by Gasteiger charge is 2.31. The van der Waals surface area contributed by atoms with Crippen LogP contribution in [0, 0.1) is 0 Å². The molecule has 0 spiro atoms. The predicted molar refractivity (Wildman–Crippen MR) is 95.2 cm³/mol. The Bertz CT molecular complexity index is 817. The maximum absolute atomic E-state index is 12.6. The Labute approximate surface area is 147 Å². The minimum atomic E-state index is -3.52. The van der Waals surface area contributed by atoms with E-state index >= 15 is 0 Å². The van der Waals surface area contributed by atoms with Gasteiger partial charge in [0.2, 0.25) is 15.9 Å². The Kier molecular flexibility index (Phi) is 5.17. The zero-order chi connectivity index (χ0) is 17.9. The fourth-order valence-corrected chi connectivity index (χ4v) is 4.33. The third kappa shape index (κ3) is 3.73. The van der Waals surface area contributed by atoms with Crippen molar-refractivity contribution in [2.24, 2.45) is 5.73 Å². The average Bonchev–Trinajstić information content (AvgIpc) is 2.68. The van der Waals surface area contributed by atoms with Crippen LogP contribution >= 0.6 is 0 Å². The van der Waals surface area contributed by atoms with Gasteiger partial charge >= 0.3 is 0 Å².